The van der Waals surface area contributed by atoms with Crippen molar-refractivity contribution in [2.75, 3.05) is 12.4 Å². The molecule has 0 aliphatic heterocycles. The zero-order valence-corrected chi connectivity index (χ0v) is 8.99. The van der Waals surface area contributed by atoms with E-state index < -0.39 is 5.51 Å². The summed E-state index contributed by atoms with van der Waals surface area (Å²) < 4.78 is 40.2. The summed E-state index contributed by atoms with van der Waals surface area (Å²) in [5.41, 5.74) is -4.22. The molecule has 0 aliphatic carbocycles. The van der Waals surface area contributed by atoms with Gasteiger partial charge in [0.05, 0.1) is 6.61 Å². The van der Waals surface area contributed by atoms with Crippen molar-refractivity contribution in [1.82, 2.24) is 4.98 Å². The molecule has 0 saturated carbocycles. The zero-order valence-electron chi connectivity index (χ0n) is 7.42. The normalized spacial score (nSPS) is 11.5. The van der Waals surface area contributed by atoms with E-state index in [0.29, 0.717) is 5.75 Å². The van der Waals surface area contributed by atoms with Crippen LogP contribution in [0.2, 0.25) is 5.15 Å². The fraction of sp³-hybridized carbons (Fsp3) is 0.375. The fourth-order valence-corrected chi connectivity index (χ4v) is 1.36. The van der Waals surface area contributed by atoms with Crippen LogP contribution in [0, 0.1) is 0 Å². The van der Waals surface area contributed by atoms with Gasteiger partial charge in [-0.3, -0.25) is 0 Å². The van der Waals surface area contributed by atoms with E-state index in [2.05, 4.69) is 4.98 Å². The molecule has 7 heteroatoms. The van der Waals surface area contributed by atoms with Crippen molar-refractivity contribution < 1.29 is 17.9 Å². The van der Waals surface area contributed by atoms with E-state index in [1.165, 1.54) is 6.20 Å². The lowest BCUT2D eigenvalue weighted by Gasteiger charge is -2.08. The minimum atomic E-state index is -4.22. The molecule has 2 nitrogen and oxygen atoms in total. The van der Waals surface area contributed by atoms with Crippen molar-refractivity contribution >= 4 is 23.4 Å². The van der Waals surface area contributed by atoms with Crippen molar-refractivity contribution in [2.45, 2.75) is 5.51 Å². The Bertz CT molecular complexity index is 321. The van der Waals surface area contributed by atoms with Crippen molar-refractivity contribution in [2.24, 2.45) is 0 Å². The van der Waals surface area contributed by atoms with Crippen molar-refractivity contribution in [3.63, 3.8) is 0 Å². The summed E-state index contributed by atoms with van der Waals surface area (Å²) in [7, 11) is 0. The molecule has 1 aromatic heterocycles. The fourth-order valence-electron chi connectivity index (χ4n) is 0.788. The van der Waals surface area contributed by atoms with Gasteiger partial charge in [0.15, 0.2) is 10.9 Å². The first-order valence-electron chi connectivity index (χ1n) is 3.93. The van der Waals surface area contributed by atoms with Crippen LogP contribution in [0.15, 0.2) is 18.3 Å². The lowest BCUT2D eigenvalue weighted by molar-refractivity contribution is -0.0329. The third-order valence-electron chi connectivity index (χ3n) is 1.33. The standard InChI is InChI=1S/C8H7ClF3NOS/c9-7-6(2-1-3-13-7)14-4-5-15-8(10,11)12/h1-3H,4-5H2. The van der Waals surface area contributed by atoms with Crippen LogP contribution in [0.25, 0.3) is 0 Å². The van der Waals surface area contributed by atoms with E-state index in [9.17, 15) is 13.2 Å². The lowest BCUT2D eigenvalue weighted by Crippen LogP contribution is -2.07. The molecular weight excluding hydrogens is 251 g/mol. The molecule has 15 heavy (non-hydrogen) atoms. The molecule has 0 spiro atoms. The van der Waals surface area contributed by atoms with Crippen LogP contribution in [0.5, 0.6) is 5.75 Å². The Labute approximate surface area is 93.8 Å². The van der Waals surface area contributed by atoms with E-state index in [0.717, 1.165) is 0 Å². The highest BCUT2D eigenvalue weighted by atomic mass is 35.5. The average molecular weight is 258 g/mol. The van der Waals surface area contributed by atoms with Crippen LogP contribution in [-0.4, -0.2) is 22.9 Å². The third-order valence-corrected chi connectivity index (χ3v) is 2.31. The average Bonchev–Trinajstić information content (AvgIpc) is 2.13. The Kier molecular flexibility index (Phi) is 4.53. The van der Waals surface area contributed by atoms with Gasteiger partial charge in [-0.05, 0) is 23.9 Å². The van der Waals surface area contributed by atoms with Crippen LogP contribution >= 0.6 is 23.4 Å². The predicted molar refractivity (Wildman–Crippen MR) is 53.3 cm³/mol. The number of ether oxygens (including phenoxy) is 1. The van der Waals surface area contributed by atoms with Gasteiger partial charge in [-0.2, -0.15) is 13.2 Å². The number of aromatic nitrogens is 1. The maximum atomic E-state index is 11.7. The number of halogens is 4. The molecular formula is C8H7ClF3NOS. The van der Waals surface area contributed by atoms with Crippen LogP contribution in [0.4, 0.5) is 13.2 Å². The summed E-state index contributed by atoms with van der Waals surface area (Å²) in [5, 5.41) is 0.148. The summed E-state index contributed by atoms with van der Waals surface area (Å²) in [6.45, 7) is -0.0599. The SMILES string of the molecule is FC(F)(F)SCCOc1cccnc1Cl. The molecule has 0 unspecified atom stereocenters. The van der Waals surface area contributed by atoms with Gasteiger partial charge in [0.2, 0.25) is 0 Å². The van der Waals surface area contributed by atoms with Gasteiger partial charge in [-0.1, -0.05) is 11.6 Å². The maximum absolute atomic E-state index is 11.7. The molecule has 1 rings (SSSR count). The van der Waals surface area contributed by atoms with Crippen molar-refractivity contribution in [3.05, 3.63) is 23.5 Å². The quantitative estimate of drug-likeness (QED) is 0.610. The van der Waals surface area contributed by atoms with Gasteiger partial charge in [-0.15, -0.1) is 0 Å². The van der Waals surface area contributed by atoms with E-state index in [-0.39, 0.29) is 29.3 Å². The Morgan fingerprint density at radius 1 is 1.47 bits per heavy atom. The minimum Gasteiger partial charge on any atom is -0.489 e. The van der Waals surface area contributed by atoms with E-state index in [1.54, 1.807) is 12.1 Å². The van der Waals surface area contributed by atoms with E-state index in [4.69, 9.17) is 16.3 Å². The summed E-state index contributed by atoms with van der Waals surface area (Å²) in [5.74, 6) is 0.122. The number of hydrogen-bond acceptors (Lipinski definition) is 3. The number of rotatable bonds is 4. The maximum Gasteiger partial charge on any atom is 0.441 e. The number of thioether (sulfide) groups is 1. The number of alkyl halides is 3. The Morgan fingerprint density at radius 3 is 2.80 bits per heavy atom. The second-order valence-electron chi connectivity index (χ2n) is 2.44. The molecule has 0 atom stereocenters. The highest BCUT2D eigenvalue weighted by Crippen LogP contribution is 2.30. The first-order chi connectivity index (χ1) is 6.99. The molecule has 0 saturated heterocycles. The number of hydrogen-bond donors (Lipinski definition) is 0. The molecule has 0 aromatic carbocycles. The highest BCUT2D eigenvalue weighted by molar-refractivity contribution is 8.00. The van der Waals surface area contributed by atoms with Crippen LogP contribution in [-0.2, 0) is 0 Å². The largest absolute Gasteiger partial charge is 0.489 e. The first kappa shape index (κ1) is 12.4. The van der Waals surface area contributed by atoms with E-state index >= 15 is 0 Å². The molecule has 0 N–H and O–H groups in total. The molecule has 1 heterocycles. The molecule has 84 valence electrons. The first-order valence-corrected chi connectivity index (χ1v) is 5.29. The second kappa shape index (κ2) is 5.46. The molecule has 0 fully saturated rings. The van der Waals surface area contributed by atoms with Crippen molar-refractivity contribution in [3.8, 4) is 5.75 Å². The van der Waals surface area contributed by atoms with Gasteiger partial charge in [0.1, 0.15) is 0 Å². The van der Waals surface area contributed by atoms with Gasteiger partial charge >= 0.3 is 5.51 Å². The molecule has 0 aliphatic rings. The third kappa shape index (κ3) is 5.13. The van der Waals surface area contributed by atoms with Crippen LogP contribution in [0.3, 0.4) is 0 Å². The predicted octanol–water partition coefficient (Wildman–Crippen LogP) is 3.37. The Morgan fingerprint density at radius 2 is 2.20 bits per heavy atom. The topological polar surface area (TPSA) is 22.1 Å². The van der Waals surface area contributed by atoms with Crippen LogP contribution < -0.4 is 4.74 Å². The lowest BCUT2D eigenvalue weighted by atomic mass is 10.5. The van der Waals surface area contributed by atoms with E-state index in [1.807, 2.05) is 0 Å². The monoisotopic (exact) mass is 257 g/mol. The molecule has 0 amide bonds. The molecule has 0 bridgehead atoms. The van der Waals surface area contributed by atoms with Gasteiger partial charge in [0, 0.05) is 11.9 Å². The Balaban J connectivity index is 2.30. The summed E-state index contributed by atoms with van der Waals surface area (Å²) in [6.07, 6.45) is 1.47. The molecule has 0 radical (unpaired) electrons. The van der Waals surface area contributed by atoms with Gasteiger partial charge in [0.25, 0.3) is 0 Å². The van der Waals surface area contributed by atoms with Crippen molar-refractivity contribution in [1.29, 1.82) is 0 Å². The summed E-state index contributed by atoms with van der Waals surface area (Å²) in [4.78, 5) is 3.72. The minimum absolute atomic E-state index is 0.0599. The second-order valence-corrected chi connectivity index (χ2v) is 3.95. The van der Waals surface area contributed by atoms with Crippen LogP contribution in [0.1, 0.15) is 0 Å². The highest BCUT2D eigenvalue weighted by Gasteiger charge is 2.27. The Hall–Kier alpha value is -0.620. The number of nitrogens with zero attached hydrogens (tertiary/aromatic N) is 1. The number of pyridine rings is 1. The zero-order chi connectivity index (χ0) is 11.3. The summed E-state index contributed by atoms with van der Waals surface area (Å²) in [6, 6.07) is 3.14. The summed E-state index contributed by atoms with van der Waals surface area (Å²) >= 11 is 5.50. The van der Waals surface area contributed by atoms with Gasteiger partial charge < -0.3 is 4.74 Å². The smallest absolute Gasteiger partial charge is 0.441 e. The molecule has 1 aromatic rings. The van der Waals surface area contributed by atoms with Gasteiger partial charge in [-0.25, -0.2) is 4.98 Å².